The average Bonchev–Trinajstić information content (AvgIpc) is 4.13. The number of rotatable bonds is 4. The molecule has 14 rings (SSSR count). The molecular weight excluding hydrogens is 871 g/mol. The van der Waals surface area contributed by atoms with Crippen LogP contribution in [0.2, 0.25) is 0 Å². The number of nitrogens with one attached hydrogen (secondary N) is 1. The lowest BCUT2D eigenvalue weighted by atomic mass is 9.51. The summed E-state index contributed by atoms with van der Waals surface area (Å²) in [5.41, 5.74) is -1.34. The van der Waals surface area contributed by atoms with E-state index in [1.54, 1.807) is 13.0 Å². The zero-order valence-electron chi connectivity index (χ0n) is 37.7. The van der Waals surface area contributed by atoms with Gasteiger partial charge in [-0.15, -0.1) is 5.69 Å². The van der Waals surface area contributed by atoms with Crippen LogP contribution in [0, 0.1) is 23.2 Å². The Bertz CT molecular complexity index is 3020. The molecule has 5 spiro atoms. The van der Waals surface area contributed by atoms with Crippen LogP contribution >= 0.6 is 0 Å². The fourth-order valence-electron chi connectivity index (χ4n) is 15.5. The van der Waals surface area contributed by atoms with E-state index in [4.69, 9.17) is 19.4 Å². The van der Waals surface area contributed by atoms with Crippen molar-refractivity contribution in [2.24, 2.45) is 16.2 Å². The van der Waals surface area contributed by atoms with Crippen molar-refractivity contribution >= 4 is 39.5 Å². The van der Waals surface area contributed by atoms with Crippen LogP contribution in [0.4, 0.5) is 5.82 Å². The minimum absolute atomic E-state index is 0.0169. The summed E-state index contributed by atoms with van der Waals surface area (Å²) in [5, 5.41) is 90.2. The predicted octanol–water partition coefficient (Wildman–Crippen LogP) is 4.35. The van der Waals surface area contributed by atoms with Gasteiger partial charge in [0.15, 0.2) is 17.5 Å². The molecule has 3 saturated carbocycles. The third-order valence-electron chi connectivity index (χ3n) is 18.3. The molecule has 4 aliphatic heterocycles. The lowest BCUT2D eigenvalue weighted by Crippen LogP contribution is -2.79. The number of hydrogen-bond acceptors (Lipinski definition) is 14. The first-order valence-corrected chi connectivity index (χ1v) is 24.3. The number of carbonyl (C=O) groups excluding carboxylic acids is 3. The van der Waals surface area contributed by atoms with Gasteiger partial charge in [-0.2, -0.15) is 5.69 Å². The van der Waals surface area contributed by atoms with E-state index < -0.39 is 76.0 Å². The molecule has 2 aromatic heterocycles. The maximum Gasteiger partial charge on any atom is 0.261 e. The number of anilines is 1. The van der Waals surface area contributed by atoms with Gasteiger partial charge in [0.2, 0.25) is 5.78 Å². The largest absolute Gasteiger partial charge is 0.660 e. The van der Waals surface area contributed by atoms with Crippen LogP contribution in [0.5, 0.6) is 11.5 Å². The molecule has 4 fully saturated rings. The molecule has 10 aliphatic rings. The first-order chi connectivity index (χ1) is 32.6. The number of aromatic hydroxyl groups is 1. The molecule has 15 heteroatoms. The highest BCUT2D eigenvalue weighted by molar-refractivity contribution is 6.34. The van der Waals surface area contributed by atoms with Crippen LogP contribution in [0.25, 0.3) is 16.3 Å². The van der Waals surface area contributed by atoms with Crippen molar-refractivity contribution in [3.63, 3.8) is 0 Å². The molecule has 0 radical (unpaired) electrons. The molecule has 8 N–H and O–H groups in total. The third-order valence-corrected chi connectivity index (χ3v) is 18.3. The number of phenols is 1. The fraction of sp³-hybridized carbons (Fsp3) is 0.509. The highest BCUT2D eigenvalue weighted by atomic mass is 16.7. The van der Waals surface area contributed by atoms with Crippen LogP contribution in [0.3, 0.4) is 0 Å². The van der Waals surface area contributed by atoms with Gasteiger partial charge in [0.25, 0.3) is 5.79 Å². The van der Waals surface area contributed by atoms with Crippen molar-refractivity contribution in [2.45, 2.75) is 138 Å². The average molecular weight is 925 g/mol. The molecule has 1 saturated heterocycles. The van der Waals surface area contributed by atoms with Gasteiger partial charge in [-0.1, -0.05) is 36.5 Å². The fourth-order valence-corrected chi connectivity index (χ4v) is 15.5. The van der Waals surface area contributed by atoms with Crippen LogP contribution in [0.15, 0.2) is 53.8 Å². The van der Waals surface area contributed by atoms with Crippen molar-refractivity contribution in [3.8, 4) is 11.5 Å². The predicted molar refractivity (Wildman–Crippen MR) is 243 cm³/mol. The Balaban J connectivity index is 1.14. The van der Waals surface area contributed by atoms with Gasteiger partial charge in [-0.25, -0.2) is 4.98 Å². The van der Waals surface area contributed by atoms with E-state index in [1.165, 1.54) is 30.5 Å². The summed E-state index contributed by atoms with van der Waals surface area (Å²) >= 11 is 0. The first-order valence-electron chi connectivity index (χ1n) is 24.3. The number of aliphatic hydroxyl groups excluding tert-OH is 6. The number of hydrogen-bond donors (Lipinski definition) is 8. The number of aliphatic hydroxyl groups is 6. The number of Topliss-reactive ketones (excluding diaryl/α,β-unsaturated/α-hetero) is 1. The second-order valence-electron chi connectivity index (χ2n) is 21.7. The third kappa shape index (κ3) is 5.27. The lowest BCUT2D eigenvalue weighted by Gasteiger charge is -2.64. The van der Waals surface area contributed by atoms with Crippen LogP contribution in [0.1, 0.15) is 137 Å². The molecule has 6 aliphatic carbocycles. The van der Waals surface area contributed by atoms with E-state index in [0.717, 1.165) is 43.2 Å². The SMILES string of the molecule is Cc1cc(O)c2c(c1)C(=O)c1c(c3cc4c(nccc14)NCC(O)C14CCCC1c1cc(CC(=O)CCO)[n-]c1C1=CC5(O3)OC3(C1=C4CC1(CCC4(CCCC4)C1)C3O)C(O)C(O)C5O)C2=O. The summed E-state index contributed by atoms with van der Waals surface area (Å²) < 4.78 is 14.4. The monoisotopic (exact) mass is 924 g/mol. The summed E-state index contributed by atoms with van der Waals surface area (Å²) in [4.78, 5) is 53.1. The van der Waals surface area contributed by atoms with Gasteiger partial charge in [-0.3, -0.25) is 14.4 Å². The highest BCUT2D eigenvalue weighted by Gasteiger charge is 2.75. The number of nitrogens with zero attached hydrogens (tertiary/aromatic N) is 2. The maximum atomic E-state index is 15.1. The van der Waals surface area contributed by atoms with E-state index >= 15 is 4.79 Å². The number of phenolic OH excluding ortho intramolecular Hbond substituents is 1. The molecule has 6 heterocycles. The number of carbonyl (C=O) groups is 3. The Morgan fingerprint density at radius 2 is 1.74 bits per heavy atom. The molecule has 10 unspecified atom stereocenters. The number of fused-ring (bicyclic) bond motifs is 7. The van der Waals surface area contributed by atoms with E-state index in [-0.39, 0.29) is 71.0 Å². The smallest absolute Gasteiger partial charge is 0.261 e. The van der Waals surface area contributed by atoms with Crippen LogP contribution < -0.4 is 15.0 Å². The Kier molecular flexibility index (Phi) is 8.93. The molecule has 2 aromatic carbocycles. The van der Waals surface area contributed by atoms with E-state index in [9.17, 15) is 45.3 Å². The molecule has 10 atom stereocenters. The van der Waals surface area contributed by atoms with Crippen molar-refractivity contribution in [1.82, 2.24) is 9.97 Å². The molecule has 0 amide bonds. The van der Waals surface area contributed by atoms with Gasteiger partial charge in [0.1, 0.15) is 35.3 Å². The van der Waals surface area contributed by atoms with Gasteiger partial charge in [0.05, 0.1) is 23.3 Å². The Morgan fingerprint density at radius 3 is 2.53 bits per heavy atom. The number of ketones is 3. The Morgan fingerprint density at radius 1 is 0.926 bits per heavy atom. The van der Waals surface area contributed by atoms with Crippen molar-refractivity contribution < 1.29 is 59.6 Å². The lowest BCUT2D eigenvalue weighted by molar-refractivity contribution is -0.366. The molecule has 4 aromatic rings. The second kappa shape index (κ2) is 14.2. The summed E-state index contributed by atoms with van der Waals surface area (Å²) in [6, 6.07) is 7.91. The van der Waals surface area contributed by atoms with E-state index in [0.29, 0.717) is 77.4 Å². The van der Waals surface area contributed by atoms with Gasteiger partial charge < -0.3 is 55.5 Å². The zero-order valence-corrected chi connectivity index (χ0v) is 37.7. The standard InChI is InChI=1S/C53H54N3O12/c1-24-15-30-37(34(59)16-24)43(62)39-35-19-28-27(38(39)42(30)61)6-13-54-47(28)55-22-36(60)51-10-4-5-32(51)29-18-25(17-26(58)7-14-57)56-41(29)31-20-52(67-35)45(64)44(63)46(65)53(68-52)40(31)33(51)21-50(48(53)66)12-11-49(23-50)8-2-3-9-49/h6,13,15-16,18-20,32,36,44-46,48,57,60,63-66H,2-5,7-12,14,17,21-23H2,1H3,(H,59,62)(H,54,55,61)/q-1. The Labute approximate surface area is 390 Å². The maximum absolute atomic E-state index is 15.1. The summed E-state index contributed by atoms with van der Waals surface area (Å²) in [5.74, 6) is -4.91. The number of aryl methyl sites for hydroxylation is 1. The quantitative estimate of drug-likeness (QED) is 0.125. The van der Waals surface area contributed by atoms with Crippen molar-refractivity contribution in [2.75, 3.05) is 18.5 Å². The topological polar surface area (TPSA) is 250 Å². The minimum Gasteiger partial charge on any atom is -0.660 e. The second-order valence-corrected chi connectivity index (χ2v) is 21.7. The van der Waals surface area contributed by atoms with E-state index in [2.05, 4.69) is 5.32 Å². The van der Waals surface area contributed by atoms with Gasteiger partial charge in [-0.05, 0) is 122 Å². The van der Waals surface area contributed by atoms with Gasteiger partial charge >= 0.3 is 0 Å². The summed E-state index contributed by atoms with van der Waals surface area (Å²) in [6.07, 6.45) is 2.30. The number of pyridine rings is 1. The number of aromatic nitrogens is 2. The summed E-state index contributed by atoms with van der Waals surface area (Å²) in [7, 11) is 0. The van der Waals surface area contributed by atoms with Crippen molar-refractivity contribution in [3.05, 3.63) is 98.5 Å². The molecule has 68 heavy (non-hydrogen) atoms. The molecule has 15 nitrogen and oxygen atoms in total. The van der Waals surface area contributed by atoms with Gasteiger partial charge in [0, 0.05) is 59.5 Å². The normalized spacial score (nSPS) is 35.8. The van der Waals surface area contributed by atoms with Crippen LogP contribution in [-0.2, 0) is 16.0 Å². The molecule has 354 valence electrons. The Hall–Kier alpha value is -5.26. The first kappa shape index (κ1) is 42.8. The number of benzene rings is 2. The van der Waals surface area contributed by atoms with E-state index in [1.807, 2.05) is 6.07 Å². The highest BCUT2D eigenvalue weighted by Crippen LogP contribution is 2.73. The zero-order chi connectivity index (χ0) is 47.0. The van der Waals surface area contributed by atoms with Crippen molar-refractivity contribution in [1.29, 1.82) is 0 Å². The summed E-state index contributed by atoms with van der Waals surface area (Å²) in [6.45, 7) is 1.31. The number of ether oxygens (including phenoxy) is 2. The molecular formula is C53H54N3O12-. The molecule has 8 bridgehead atoms. The minimum atomic E-state index is -2.51. The van der Waals surface area contributed by atoms with Crippen LogP contribution in [-0.4, -0.2) is 113 Å².